The highest BCUT2D eigenvalue weighted by atomic mass is 79.9. The van der Waals surface area contributed by atoms with Crippen LogP contribution >= 0.6 is 15.9 Å². The molecule has 1 aromatic carbocycles. The normalized spacial score (nSPS) is 11.4. The van der Waals surface area contributed by atoms with Crippen LogP contribution in [0.2, 0.25) is 0 Å². The summed E-state index contributed by atoms with van der Waals surface area (Å²) in [6, 6.07) is 4.01. The number of alkyl halides is 3. The summed E-state index contributed by atoms with van der Waals surface area (Å²) in [7, 11) is 0. The van der Waals surface area contributed by atoms with Crippen LogP contribution in [-0.2, 0) is 10.9 Å². The second-order valence-corrected chi connectivity index (χ2v) is 5.04. The fraction of sp³-hybridized carbons (Fsp3) is 0.385. The molecule has 0 radical (unpaired) electrons. The van der Waals surface area contributed by atoms with Crippen LogP contribution in [0.1, 0.15) is 12.5 Å². The third-order valence-electron chi connectivity index (χ3n) is 2.20. The van der Waals surface area contributed by atoms with E-state index >= 15 is 0 Å². The third-order valence-corrected chi connectivity index (χ3v) is 2.69. The van der Waals surface area contributed by atoms with E-state index in [1.807, 2.05) is 6.92 Å². The number of ether oxygens (including phenoxy) is 1. The molecular formula is C13H15BrF3NO. The number of anilines is 1. The van der Waals surface area contributed by atoms with Gasteiger partial charge in [0.25, 0.3) is 0 Å². The minimum absolute atomic E-state index is 0.0506. The van der Waals surface area contributed by atoms with Crippen LogP contribution in [0, 0.1) is 0 Å². The Bertz CT molecular complexity index is 446. The molecule has 0 saturated heterocycles. The van der Waals surface area contributed by atoms with Crippen molar-refractivity contribution in [2.75, 3.05) is 25.1 Å². The molecule has 0 spiro atoms. The summed E-state index contributed by atoms with van der Waals surface area (Å²) in [6.45, 7) is 6.53. The molecule has 0 aliphatic carbocycles. The molecule has 0 aliphatic heterocycles. The van der Waals surface area contributed by atoms with Crippen molar-refractivity contribution in [3.05, 3.63) is 40.4 Å². The Labute approximate surface area is 118 Å². The lowest BCUT2D eigenvalue weighted by atomic mass is 10.1. The van der Waals surface area contributed by atoms with Crippen LogP contribution in [0.4, 0.5) is 18.9 Å². The number of benzene rings is 1. The van der Waals surface area contributed by atoms with Crippen LogP contribution in [0.3, 0.4) is 0 Å². The van der Waals surface area contributed by atoms with E-state index in [9.17, 15) is 13.2 Å². The molecule has 0 atom stereocenters. The summed E-state index contributed by atoms with van der Waals surface area (Å²) in [5.74, 6) is 0. The zero-order valence-corrected chi connectivity index (χ0v) is 12.1. The van der Waals surface area contributed by atoms with Gasteiger partial charge < -0.3 is 10.1 Å². The Morgan fingerprint density at radius 1 is 1.42 bits per heavy atom. The molecule has 0 fully saturated rings. The molecule has 2 nitrogen and oxygen atoms in total. The molecule has 106 valence electrons. The second-order valence-electron chi connectivity index (χ2n) is 4.12. The molecule has 0 aliphatic rings. The fourth-order valence-corrected chi connectivity index (χ4v) is 1.77. The van der Waals surface area contributed by atoms with Gasteiger partial charge in [0, 0.05) is 16.7 Å². The van der Waals surface area contributed by atoms with Gasteiger partial charge in [-0.2, -0.15) is 13.2 Å². The Kier molecular flexibility index (Phi) is 5.87. The smallest absolute Gasteiger partial charge is 0.382 e. The Hall–Kier alpha value is -1.01. The molecule has 6 heteroatoms. The van der Waals surface area contributed by atoms with Crippen LogP contribution in [0.15, 0.2) is 34.8 Å². The lowest BCUT2D eigenvalue weighted by Crippen LogP contribution is -2.15. The van der Waals surface area contributed by atoms with Crippen molar-refractivity contribution in [1.82, 2.24) is 0 Å². The van der Waals surface area contributed by atoms with E-state index in [2.05, 4.69) is 27.8 Å². The van der Waals surface area contributed by atoms with E-state index < -0.39 is 11.7 Å². The molecule has 0 aromatic heterocycles. The van der Waals surface area contributed by atoms with E-state index in [-0.39, 0.29) is 5.69 Å². The van der Waals surface area contributed by atoms with Gasteiger partial charge in [0.1, 0.15) is 0 Å². The highest BCUT2D eigenvalue weighted by Gasteiger charge is 2.33. The maximum Gasteiger partial charge on any atom is 0.418 e. The first-order valence-electron chi connectivity index (χ1n) is 5.63. The van der Waals surface area contributed by atoms with Crippen molar-refractivity contribution in [2.45, 2.75) is 13.1 Å². The molecule has 0 heterocycles. The van der Waals surface area contributed by atoms with Crippen molar-refractivity contribution < 1.29 is 17.9 Å². The van der Waals surface area contributed by atoms with Crippen LogP contribution in [-0.4, -0.2) is 19.8 Å². The maximum absolute atomic E-state index is 12.8. The summed E-state index contributed by atoms with van der Waals surface area (Å²) in [6.07, 6.45) is -4.38. The molecule has 0 saturated carbocycles. The highest BCUT2D eigenvalue weighted by molar-refractivity contribution is 9.10. The van der Waals surface area contributed by atoms with Gasteiger partial charge in [0.15, 0.2) is 0 Å². The quantitative estimate of drug-likeness (QED) is 0.610. The number of halogens is 4. The zero-order chi connectivity index (χ0) is 14.5. The van der Waals surface area contributed by atoms with Crippen LogP contribution in [0.25, 0.3) is 0 Å². The molecule has 19 heavy (non-hydrogen) atoms. The van der Waals surface area contributed by atoms with E-state index in [1.54, 1.807) is 6.07 Å². The molecule has 1 rings (SSSR count). The van der Waals surface area contributed by atoms with Crippen molar-refractivity contribution in [2.24, 2.45) is 0 Å². The topological polar surface area (TPSA) is 21.3 Å². The molecule has 0 unspecified atom stereocenters. The summed E-state index contributed by atoms with van der Waals surface area (Å²) in [4.78, 5) is 0. The minimum atomic E-state index is -4.38. The predicted molar refractivity (Wildman–Crippen MR) is 73.3 cm³/mol. The lowest BCUT2D eigenvalue weighted by Gasteiger charge is -2.15. The summed E-state index contributed by atoms with van der Waals surface area (Å²) >= 11 is 3.04. The second kappa shape index (κ2) is 6.96. The first kappa shape index (κ1) is 16.0. The van der Waals surface area contributed by atoms with Crippen molar-refractivity contribution in [3.63, 3.8) is 0 Å². The minimum Gasteiger partial charge on any atom is -0.382 e. The summed E-state index contributed by atoms with van der Waals surface area (Å²) < 4.78 is 44.0. The van der Waals surface area contributed by atoms with E-state index in [0.717, 1.165) is 11.6 Å². The molecule has 0 amide bonds. The number of rotatable bonds is 6. The average molecular weight is 338 g/mol. The lowest BCUT2D eigenvalue weighted by molar-refractivity contribution is -0.137. The van der Waals surface area contributed by atoms with Gasteiger partial charge in [0.05, 0.1) is 18.8 Å². The van der Waals surface area contributed by atoms with Crippen molar-refractivity contribution in [3.8, 4) is 0 Å². The molecule has 1 N–H and O–H groups in total. The van der Waals surface area contributed by atoms with E-state index in [0.29, 0.717) is 24.2 Å². The summed E-state index contributed by atoms with van der Waals surface area (Å²) in [5, 5.41) is 2.73. The van der Waals surface area contributed by atoms with Crippen LogP contribution in [0.5, 0.6) is 0 Å². The number of nitrogens with one attached hydrogen (secondary N) is 1. The van der Waals surface area contributed by atoms with E-state index in [4.69, 9.17) is 4.74 Å². The number of hydrogen-bond acceptors (Lipinski definition) is 2. The Morgan fingerprint density at radius 2 is 2.11 bits per heavy atom. The van der Waals surface area contributed by atoms with Gasteiger partial charge in [-0.25, -0.2) is 0 Å². The SMILES string of the molecule is C=C(C)COCCNc1ccc(Br)cc1C(F)(F)F. The van der Waals surface area contributed by atoms with Gasteiger partial charge in [-0.15, -0.1) is 0 Å². The van der Waals surface area contributed by atoms with Gasteiger partial charge in [-0.05, 0) is 25.1 Å². The monoisotopic (exact) mass is 337 g/mol. The third kappa shape index (κ3) is 5.65. The largest absolute Gasteiger partial charge is 0.418 e. The van der Waals surface area contributed by atoms with Crippen LogP contribution < -0.4 is 5.32 Å². The standard InChI is InChI=1S/C13H15BrF3NO/c1-9(2)8-19-6-5-18-12-4-3-10(14)7-11(12)13(15,16)17/h3-4,7,18H,1,5-6,8H2,2H3. The molecule has 1 aromatic rings. The number of hydrogen-bond donors (Lipinski definition) is 1. The maximum atomic E-state index is 12.8. The first-order valence-corrected chi connectivity index (χ1v) is 6.42. The first-order chi connectivity index (χ1) is 8.80. The summed E-state index contributed by atoms with van der Waals surface area (Å²) in [5.41, 5.74) is 0.232. The molecule has 0 bridgehead atoms. The fourth-order valence-electron chi connectivity index (χ4n) is 1.41. The average Bonchev–Trinajstić information content (AvgIpc) is 2.28. The van der Waals surface area contributed by atoms with Crippen molar-refractivity contribution >= 4 is 21.6 Å². The van der Waals surface area contributed by atoms with Gasteiger partial charge >= 0.3 is 6.18 Å². The highest BCUT2D eigenvalue weighted by Crippen LogP contribution is 2.36. The van der Waals surface area contributed by atoms with Crippen molar-refractivity contribution in [1.29, 1.82) is 0 Å². The van der Waals surface area contributed by atoms with Gasteiger partial charge in [-0.1, -0.05) is 28.1 Å². The Morgan fingerprint density at radius 3 is 2.68 bits per heavy atom. The van der Waals surface area contributed by atoms with Gasteiger partial charge in [-0.3, -0.25) is 0 Å². The van der Waals surface area contributed by atoms with Gasteiger partial charge in [0.2, 0.25) is 0 Å². The Balaban J connectivity index is 2.61. The molecular weight excluding hydrogens is 323 g/mol. The zero-order valence-electron chi connectivity index (χ0n) is 10.5. The van der Waals surface area contributed by atoms with E-state index in [1.165, 1.54) is 6.07 Å². The predicted octanol–water partition coefficient (Wildman–Crippen LogP) is 4.47.